The molecule has 1 aromatic heterocycles. The summed E-state index contributed by atoms with van der Waals surface area (Å²) in [6.07, 6.45) is 1.28. The summed E-state index contributed by atoms with van der Waals surface area (Å²) in [4.78, 5) is 24.5. The molecule has 1 amide bonds. The number of hydrogen-bond donors (Lipinski definition) is 1. The Morgan fingerprint density at radius 1 is 0.889 bits per heavy atom. The van der Waals surface area contributed by atoms with Gasteiger partial charge in [-0.25, -0.2) is 4.79 Å². The fraction of sp³-hybridized carbons (Fsp3) is 0.207. The predicted octanol–water partition coefficient (Wildman–Crippen LogP) is 6.31. The van der Waals surface area contributed by atoms with Crippen LogP contribution < -0.4 is 10.1 Å². The topological polar surface area (TPSA) is 82.5 Å². The number of carbonyl (C=O) groups is 2. The molecule has 1 heterocycles. The number of anilines is 1. The zero-order valence-electron chi connectivity index (χ0n) is 20.4. The Bertz CT molecular complexity index is 1300. The molecule has 0 atom stereocenters. The molecule has 0 fully saturated rings. The lowest BCUT2D eigenvalue weighted by Gasteiger charge is -2.09. The molecule has 7 heteroatoms. The molecular weight excluding hydrogens is 454 g/mol. The number of carbonyl (C=O) groups excluding carboxylic acids is 2. The molecule has 4 aromatic rings. The summed E-state index contributed by atoms with van der Waals surface area (Å²) in [7, 11) is 0. The molecule has 1 N–H and O–H groups in total. The van der Waals surface area contributed by atoms with Gasteiger partial charge in [0.25, 0.3) is 0 Å². The predicted molar refractivity (Wildman–Crippen MR) is 139 cm³/mol. The van der Waals surface area contributed by atoms with Gasteiger partial charge in [0.15, 0.2) is 0 Å². The highest BCUT2D eigenvalue weighted by molar-refractivity contribution is 5.90. The van der Waals surface area contributed by atoms with Gasteiger partial charge in [0.05, 0.1) is 18.8 Å². The molecule has 3 aromatic carbocycles. The summed E-state index contributed by atoms with van der Waals surface area (Å²) in [6, 6.07) is 26.4. The number of rotatable bonds is 10. The van der Waals surface area contributed by atoms with Crippen LogP contribution in [0.25, 0.3) is 11.3 Å². The molecule has 0 aliphatic rings. The molecule has 36 heavy (non-hydrogen) atoms. The van der Waals surface area contributed by atoms with Gasteiger partial charge in [0.2, 0.25) is 5.91 Å². The number of hydrogen-bond acceptors (Lipinski definition) is 5. The van der Waals surface area contributed by atoms with Gasteiger partial charge in [0, 0.05) is 17.7 Å². The number of ether oxygens (including phenoxy) is 2. The van der Waals surface area contributed by atoms with E-state index < -0.39 is 5.97 Å². The van der Waals surface area contributed by atoms with Gasteiger partial charge in [0.1, 0.15) is 17.2 Å². The first-order valence-corrected chi connectivity index (χ1v) is 12.0. The molecule has 0 aliphatic heterocycles. The Morgan fingerprint density at radius 2 is 1.58 bits per heavy atom. The van der Waals surface area contributed by atoms with Crippen LogP contribution >= 0.6 is 0 Å². The number of nitrogens with one attached hydrogen (secondary N) is 1. The highest BCUT2D eigenvalue weighted by Crippen LogP contribution is 2.26. The first-order chi connectivity index (χ1) is 17.6. The first-order valence-electron chi connectivity index (χ1n) is 12.0. The third-order valence-electron chi connectivity index (χ3n) is 5.44. The highest BCUT2D eigenvalue weighted by atomic mass is 16.5. The third kappa shape index (κ3) is 6.39. The van der Waals surface area contributed by atoms with Crippen molar-refractivity contribution < 1.29 is 19.1 Å². The van der Waals surface area contributed by atoms with Crippen molar-refractivity contribution in [2.45, 2.75) is 33.2 Å². The summed E-state index contributed by atoms with van der Waals surface area (Å²) in [5.41, 5.74) is 3.57. The van der Waals surface area contributed by atoms with E-state index in [2.05, 4.69) is 5.32 Å². The third-order valence-corrected chi connectivity index (χ3v) is 5.44. The van der Waals surface area contributed by atoms with Crippen LogP contribution in [0.2, 0.25) is 0 Å². The van der Waals surface area contributed by atoms with E-state index in [4.69, 9.17) is 14.6 Å². The van der Waals surface area contributed by atoms with E-state index in [9.17, 15) is 9.59 Å². The van der Waals surface area contributed by atoms with E-state index in [1.165, 1.54) is 0 Å². The fourth-order valence-electron chi connectivity index (χ4n) is 3.68. The maximum Gasteiger partial charge on any atom is 0.356 e. The molecule has 0 radical (unpaired) electrons. The second kappa shape index (κ2) is 11.8. The number of amides is 1. The summed E-state index contributed by atoms with van der Waals surface area (Å²) in [5.74, 6) is 1.03. The van der Waals surface area contributed by atoms with Crippen molar-refractivity contribution in [3.05, 3.63) is 96.2 Å². The zero-order chi connectivity index (χ0) is 25.3. The number of para-hydroxylation sites is 1. The van der Waals surface area contributed by atoms with Crippen LogP contribution in [0.1, 0.15) is 42.7 Å². The van der Waals surface area contributed by atoms with Crippen LogP contribution in [0, 0.1) is 0 Å². The molecule has 184 valence electrons. The van der Waals surface area contributed by atoms with Crippen molar-refractivity contribution in [1.82, 2.24) is 9.78 Å². The van der Waals surface area contributed by atoms with Crippen molar-refractivity contribution >= 4 is 17.6 Å². The molecule has 0 saturated heterocycles. The molecule has 0 bridgehead atoms. The summed E-state index contributed by atoms with van der Waals surface area (Å²) in [6.45, 7) is 4.40. The minimum atomic E-state index is -0.427. The Hall–Kier alpha value is -4.39. The second-order valence-electron chi connectivity index (χ2n) is 8.23. The van der Waals surface area contributed by atoms with Gasteiger partial charge in [-0.3, -0.25) is 9.48 Å². The Labute approximate surface area is 210 Å². The standard InChI is InChI=1S/C29H29N3O4/c1-3-8-28(33)30-23-15-11-21(12-16-23)20-32-27(29(34)35-4-2)19-26(31-32)22-13-17-25(18-14-22)36-24-9-6-5-7-10-24/h5-7,9-19H,3-4,8,20H2,1-2H3,(H,30,33). The molecule has 0 saturated carbocycles. The van der Waals surface area contributed by atoms with Crippen LogP contribution in [-0.2, 0) is 16.1 Å². The zero-order valence-corrected chi connectivity index (χ0v) is 20.4. The van der Waals surface area contributed by atoms with Gasteiger partial charge in [-0.2, -0.15) is 5.10 Å². The molecule has 0 unspecified atom stereocenters. The Kier molecular flexibility index (Phi) is 8.13. The maximum absolute atomic E-state index is 12.6. The molecule has 0 spiro atoms. The molecular formula is C29H29N3O4. The van der Waals surface area contributed by atoms with Gasteiger partial charge in [-0.1, -0.05) is 37.3 Å². The average molecular weight is 484 g/mol. The number of esters is 1. The lowest BCUT2D eigenvalue weighted by molar-refractivity contribution is -0.116. The van der Waals surface area contributed by atoms with Gasteiger partial charge < -0.3 is 14.8 Å². The summed E-state index contributed by atoms with van der Waals surface area (Å²) < 4.78 is 12.8. The largest absolute Gasteiger partial charge is 0.461 e. The minimum absolute atomic E-state index is 0.00764. The van der Waals surface area contributed by atoms with Crippen molar-refractivity contribution in [2.75, 3.05) is 11.9 Å². The molecule has 0 aliphatic carbocycles. The van der Waals surface area contributed by atoms with E-state index >= 15 is 0 Å². The van der Waals surface area contributed by atoms with Crippen molar-refractivity contribution in [2.24, 2.45) is 0 Å². The minimum Gasteiger partial charge on any atom is -0.461 e. The molecule has 4 rings (SSSR count). The van der Waals surface area contributed by atoms with Crippen molar-refractivity contribution in [1.29, 1.82) is 0 Å². The van der Waals surface area contributed by atoms with Gasteiger partial charge >= 0.3 is 5.97 Å². The molecule has 7 nitrogen and oxygen atoms in total. The lowest BCUT2D eigenvalue weighted by Crippen LogP contribution is -2.14. The maximum atomic E-state index is 12.6. The van der Waals surface area contributed by atoms with Crippen molar-refractivity contribution in [3.8, 4) is 22.8 Å². The quantitative estimate of drug-likeness (QED) is 0.268. The van der Waals surface area contributed by atoms with Crippen LogP contribution in [0.4, 0.5) is 5.69 Å². The normalized spacial score (nSPS) is 10.6. The fourth-order valence-corrected chi connectivity index (χ4v) is 3.68. The smallest absolute Gasteiger partial charge is 0.356 e. The van der Waals surface area contributed by atoms with Crippen molar-refractivity contribution in [3.63, 3.8) is 0 Å². The lowest BCUT2D eigenvalue weighted by atomic mass is 10.1. The number of aromatic nitrogens is 2. The van der Waals surface area contributed by atoms with Crippen LogP contribution in [0.3, 0.4) is 0 Å². The van der Waals surface area contributed by atoms with Crippen LogP contribution in [-0.4, -0.2) is 28.3 Å². The van der Waals surface area contributed by atoms with E-state index in [1.54, 1.807) is 17.7 Å². The Balaban J connectivity index is 1.53. The second-order valence-corrected chi connectivity index (χ2v) is 8.23. The van der Waals surface area contributed by atoms with Gasteiger partial charge in [-0.15, -0.1) is 0 Å². The van der Waals surface area contributed by atoms with E-state index in [0.29, 0.717) is 30.1 Å². The summed E-state index contributed by atoms with van der Waals surface area (Å²) in [5, 5.41) is 7.57. The Morgan fingerprint density at radius 3 is 2.25 bits per heavy atom. The first kappa shape index (κ1) is 24.7. The average Bonchev–Trinajstić information content (AvgIpc) is 3.30. The van der Waals surface area contributed by atoms with E-state index in [0.717, 1.165) is 29.0 Å². The number of nitrogens with zero attached hydrogens (tertiary/aromatic N) is 2. The van der Waals surface area contributed by atoms with Crippen LogP contribution in [0.5, 0.6) is 11.5 Å². The van der Waals surface area contributed by atoms with E-state index in [-0.39, 0.29) is 12.5 Å². The number of benzene rings is 3. The van der Waals surface area contributed by atoms with E-state index in [1.807, 2.05) is 85.8 Å². The van der Waals surface area contributed by atoms with Crippen LogP contribution in [0.15, 0.2) is 84.9 Å². The monoisotopic (exact) mass is 483 g/mol. The summed E-state index contributed by atoms with van der Waals surface area (Å²) >= 11 is 0. The van der Waals surface area contributed by atoms with Gasteiger partial charge in [-0.05, 0) is 73.5 Å². The SMILES string of the molecule is CCCC(=O)Nc1ccc(Cn2nc(-c3ccc(Oc4ccccc4)cc3)cc2C(=O)OCC)cc1. The highest BCUT2D eigenvalue weighted by Gasteiger charge is 2.18.